The summed E-state index contributed by atoms with van der Waals surface area (Å²) in [6.07, 6.45) is 8.23. The number of rotatable bonds is 1. The number of allylic oxidation sites excluding steroid dienone is 1. The van der Waals surface area contributed by atoms with Crippen molar-refractivity contribution in [3.63, 3.8) is 0 Å². The van der Waals surface area contributed by atoms with Crippen molar-refractivity contribution in [3.8, 4) is 0 Å². The maximum atomic E-state index is 12.5. The molecule has 0 aromatic heterocycles. The molecule has 4 fully saturated rings. The van der Waals surface area contributed by atoms with E-state index in [2.05, 4.69) is 34.6 Å². The van der Waals surface area contributed by atoms with Gasteiger partial charge in [0.05, 0.1) is 5.92 Å². The lowest BCUT2D eigenvalue weighted by molar-refractivity contribution is -0.252. The van der Waals surface area contributed by atoms with Gasteiger partial charge in [0.2, 0.25) is 6.29 Å². The SMILES string of the molecule is CC(=O)O[C@@H]1C[C@@H]2[C@@]3(C)CCCC(C)(C)[C@@H]3CC[C@@]2(C)[C@@H]2CC=C3C(=O)O[C@@H](O)[C@@H]3[C@@]12C. The zero-order valence-electron chi connectivity index (χ0n) is 20.6. The number of carbonyl (C=O) groups excluding carboxylic acids is 2. The third kappa shape index (κ3) is 2.72. The smallest absolute Gasteiger partial charge is 0.336 e. The van der Waals surface area contributed by atoms with Crippen molar-refractivity contribution < 1.29 is 24.2 Å². The second-order valence-electron chi connectivity index (χ2n) is 12.9. The van der Waals surface area contributed by atoms with Gasteiger partial charge in [-0.3, -0.25) is 4.79 Å². The molecule has 0 unspecified atom stereocenters. The van der Waals surface area contributed by atoms with Crippen molar-refractivity contribution in [1.82, 2.24) is 0 Å². The van der Waals surface area contributed by atoms with E-state index in [1.54, 1.807) is 0 Å². The molecule has 0 amide bonds. The van der Waals surface area contributed by atoms with Crippen LogP contribution in [0.1, 0.15) is 86.5 Å². The van der Waals surface area contributed by atoms with Crippen LogP contribution < -0.4 is 0 Å². The number of hydrogen-bond acceptors (Lipinski definition) is 5. The van der Waals surface area contributed by atoms with E-state index in [-0.39, 0.29) is 28.8 Å². The number of aliphatic hydroxyl groups excluding tert-OH is 1. The van der Waals surface area contributed by atoms with Gasteiger partial charge in [-0.2, -0.15) is 0 Å². The van der Waals surface area contributed by atoms with Gasteiger partial charge >= 0.3 is 11.9 Å². The minimum absolute atomic E-state index is 0.0669. The normalized spacial score (nSPS) is 51.3. The van der Waals surface area contributed by atoms with Gasteiger partial charge in [-0.05, 0) is 72.5 Å². The summed E-state index contributed by atoms with van der Waals surface area (Å²) in [5.74, 6) is 0.196. The fourth-order valence-corrected chi connectivity index (χ4v) is 9.98. The summed E-state index contributed by atoms with van der Waals surface area (Å²) < 4.78 is 11.4. The third-order valence-electron chi connectivity index (χ3n) is 11.2. The van der Waals surface area contributed by atoms with Crippen molar-refractivity contribution in [2.45, 2.75) is 98.9 Å². The van der Waals surface area contributed by atoms with Gasteiger partial charge in [0.25, 0.3) is 0 Å². The van der Waals surface area contributed by atoms with Crippen molar-refractivity contribution >= 4 is 11.9 Å². The fraction of sp³-hybridized carbons (Fsp3) is 0.852. The van der Waals surface area contributed by atoms with Gasteiger partial charge in [-0.15, -0.1) is 0 Å². The summed E-state index contributed by atoms with van der Waals surface area (Å²) in [7, 11) is 0. The van der Waals surface area contributed by atoms with Crippen LogP contribution in [-0.4, -0.2) is 29.4 Å². The van der Waals surface area contributed by atoms with Gasteiger partial charge in [0.1, 0.15) is 6.10 Å². The number of fused-ring (bicyclic) bond motifs is 7. The number of carbonyl (C=O) groups is 2. The lowest BCUT2D eigenvalue weighted by Crippen LogP contribution is -2.67. The number of cyclic esters (lactones) is 1. The molecule has 5 rings (SSSR count). The molecule has 0 spiro atoms. The Bertz CT molecular complexity index is 875. The van der Waals surface area contributed by atoms with Crippen molar-refractivity contribution in [3.05, 3.63) is 11.6 Å². The van der Waals surface area contributed by atoms with Gasteiger partial charge in [-0.25, -0.2) is 4.79 Å². The monoisotopic (exact) mass is 444 g/mol. The van der Waals surface area contributed by atoms with Crippen molar-refractivity contribution in [1.29, 1.82) is 0 Å². The summed E-state index contributed by atoms with van der Waals surface area (Å²) in [5, 5.41) is 10.8. The van der Waals surface area contributed by atoms with Crippen molar-refractivity contribution in [2.75, 3.05) is 0 Å². The van der Waals surface area contributed by atoms with Crippen molar-refractivity contribution in [2.24, 2.45) is 45.3 Å². The Morgan fingerprint density at radius 3 is 2.44 bits per heavy atom. The zero-order valence-corrected chi connectivity index (χ0v) is 20.6. The van der Waals surface area contributed by atoms with E-state index >= 15 is 0 Å². The number of hydrogen-bond donors (Lipinski definition) is 1. The molecule has 5 heteroatoms. The van der Waals surface area contributed by atoms with Crippen LogP contribution in [0.3, 0.4) is 0 Å². The molecule has 178 valence electrons. The topological polar surface area (TPSA) is 72.8 Å². The molecular weight excluding hydrogens is 404 g/mol. The molecule has 0 aromatic rings. The van der Waals surface area contributed by atoms with Crippen LogP contribution in [0.5, 0.6) is 0 Å². The molecule has 5 nitrogen and oxygen atoms in total. The third-order valence-corrected chi connectivity index (χ3v) is 11.2. The Labute approximate surface area is 192 Å². The van der Waals surface area contributed by atoms with Gasteiger partial charge in [-0.1, -0.05) is 47.1 Å². The minimum atomic E-state index is -1.17. The minimum Gasteiger partial charge on any atom is -0.462 e. The Morgan fingerprint density at radius 2 is 1.75 bits per heavy atom. The molecule has 1 heterocycles. The van der Waals surface area contributed by atoms with E-state index in [0.29, 0.717) is 22.8 Å². The zero-order chi connectivity index (χ0) is 23.3. The van der Waals surface area contributed by atoms with Crippen LogP contribution in [-0.2, 0) is 19.1 Å². The predicted octanol–water partition coefficient (Wildman–Crippen LogP) is 5.01. The maximum absolute atomic E-state index is 12.5. The Kier molecular flexibility index (Phi) is 4.79. The van der Waals surface area contributed by atoms with Gasteiger partial charge in [0, 0.05) is 17.9 Å². The summed E-state index contributed by atoms with van der Waals surface area (Å²) in [4.78, 5) is 24.8. The highest BCUT2D eigenvalue weighted by Crippen LogP contribution is 2.73. The van der Waals surface area contributed by atoms with Crippen LogP contribution in [0, 0.1) is 45.3 Å². The molecule has 0 radical (unpaired) electrons. The van der Waals surface area contributed by atoms with E-state index in [1.807, 2.05) is 6.08 Å². The summed E-state index contributed by atoms with van der Waals surface area (Å²) in [6, 6.07) is 0. The molecular formula is C27H40O5. The maximum Gasteiger partial charge on any atom is 0.336 e. The highest BCUT2D eigenvalue weighted by atomic mass is 16.6. The molecule has 32 heavy (non-hydrogen) atoms. The lowest BCUT2D eigenvalue weighted by Gasteiger charge is -2.70. The first-order valence-electron chi connectivity index (χ1n) is 12.6. The standard InChI is InChI=1S/C27H40O5/c1-15(28)31-20-14-19-25(4)12-7-11-24(2,3)17(25)10-13-26(19,5)18-9-8-16-21(27(18,20)6)23(30)32-22(16)29/h8,17-21,23,30H,7,9-14H2,1-6H3/t17-,18-,19+,20+,21+,23+,25-,26-,27+/m0/s1. The van der Waals surface area contributed by atoms with E-state index in [0.717, 1.165) is 19.3 Å². The van der Waals surface area contributed by atoms with E-state index in [9.17, 15) is 14.7 Å². The molecule has 0 aromatic carbocycles. The van der Waals surface area contributed by atoms with Gasteiger partial charge in [0.15, 0.2) is 0 Å². The lowest BCUT2D eigenvalue weighted by atomic mass is 9.34. The molecule has 3 saturated carbocycles. The molecule has 1 saturated heterocycles. The largest absolute Gasteiger partial charge is 0.462 e. The summed E-state index contributed by atoms with van der Waals surface area (Å²) in [6.45, 7) is 13.5. The van der Waals surface area contributed by atoms with E-state index in [4.69, 9.17) is 9.47 Å². The highest BCUT2D eigenvalue weighted by molar-refractivity contribution is 5.91. The molecule has 1 N–H and O–H groups in total. The Hall–Kier alpha value is -1.36. The van der Waals surface area contributed by atoms with Crippen LogP contribution in [0.25, 0.3) is 0 Å². The molecule has 5 aliphatic rings. The second kappa shape index (κ2) is 6.84. The fourth-order valence-electron chi connectivity index (χ4n) is 9.98. The van der Waals surface area contributed by atoms with Crippen LogP contribution in [0.2, 0.25) is 0 Å². The number of esters is 2. The second-order valence-corrected chi connectivity index (χ2v) is 12.9. The quantitative estimate of drug-likeness (QED) is 0.575. The van der Waals surface area contributed by atoms with Crippen LogP contribution in [0.4, 0.5) is 0 Å². The number of aliphatic hydroxyl groups is 1. The molecule has 0 bridgehead atoms. The summed E-state index contributed by atoms with van der Waals surface area (Å²) >= 11 is 0. The van der Waals surface area contributed by atoms with E-state index in [1.165, 1.54) is 32.6 Å². The van der Waals surface area contributed by atoms with E-state index < -0.39 is 23.6 Å². The molecule has 4 aliphatic carbocycles. The predicted molar refractivity (Wildman–Crippen MR) is 120 cm³/mol. The Balaban J connectivity index is 1.64. The molecule has 1 aliphatic heterocycles. The first-order chi connectivity index (χ1) is 14.9. The van der Waals surface area contributed by atoms with Crippen LogP contribution >= 0.6 is 0 Å². The van der Waals surface area contributed by atoms with Crippen LogP contribution in [0.15, 0.2) is 11.6 Å². The average Bonchev–Trinajstić information content (AvgIpc) is 2.97. The number of ether oxygens (including phenoxy) is 2. The molecule has 9 atom stereocenters. The first-order valence-corrected chi connectivity index (χ1v) is 12.6. The van der Waals surface area contributed by atoms with Gasteiger partial charge < -0.3 is 14.6 Å². The summed E-state index contributed by atoms with van der Waals surface area (Å²) in [5.41, 5.74) is 0.651. The Morgan fingerprint density at radius 1 is 1.06 bits per heavy atom. The first kappa shape index (κ1) is 22.4. The highest BCUT2D eigenvalue weighted by Gasteiger charge is 2.71. The average molecular weight is 445 g/mol.